The fourth-order valence-electron chi connectivity index (χ4n) is 1.28. The average molecular weight is 318 g/mol. The van der Waals surface area contributed by atoms with Crippen molar-refractivity contribution in [3.63, 3.8) is 0 Å². The first-order valence-corrected chi connectivity index (χ1v) is 8.51. The molecular formula is C14H20ClNOS2. The predicted molar refractivity (Wildman–Crippen MR) is 87.4 cm³/mol. The summed E-state index contributed by atoms with van der Waals surface area (Å²) >= 11 is 9.18. The highest BCUT2D eigenvalue weighted by Crippen LogP contribution is 2.22. The summed E-state index contributed by atoms with van der Waals surface area (Å²) in [5.74, 6) is 1.47. The highest BCUT2D eigenvalue weighted by Gasteiger charge is 2.10. The van der Waals surface area contributed by atoms with E-state index in [-0.39, 0.29) is 10.7 Å². The molecule has 1 aromatic rings. The molecule has 0 bridgehead atoms. The Morgan fingerprint density at radius 2 is 1.89 bits per heavy atom. The molecule has 0 aromatic heterocycles. The summed E-state index contributed by atoms with van der Waals surface area (Å²) < 4.78 is 0.253. The number of halogens is 1. The number of benzene rings is 1. The van der Waals surface area contributed by atoms with E-state index in [4.69, 9.17) is 11.6 Å². The van der Waals surface area contributed by atoms with E-state index in [1.807, 2.05) is 36.0 Å². The molecule has 1 amide bonds. The van der Waals surface area contributed by atoms with Gasteiger partial charge in [0.15, 0.2) is 0 Å². The lowest BCUT2D eigenvalue weighted by Crippen LogP contribution is -2.28. The van der Waals surface area contributed by atoms with Gasteiger partial charge in [0.1, 0.15) is 0 Å². The number of thioether (sulfide) groups is 2. The van der Waals surface area contributed by atoms with Crippen LogP contribution in [0.15, 0.2) is 29.2 Å². The molecule has 0 heterocycles. The number of carbonyl (C=O) groups is 1. The Morgan fingerprint density at radius 1 is 1.26 bits per heavy atom. The molecule has 0 fully saturated rings. The van der Waals surface area contributed by atoms with Gasteiger partial charge in [-0.25, -0.2) is 0 Å². The van der Waals surface area contributed by atoms with E-state index in [1.165, 1.54) is 11.8 Å². The molecule has 0 aliphatic carbocycles. The quantitative estimate of drug-likeness (QED) is 0.633. The lowest BCUT2D eigenvalue weighted by molar-refractivity contribution is -0.118. The largest absolute Gasteiger partial charge is 0.355 e. The Bertz CT molecular complexity index is 401. The standard InChI is InChI=1S/C14H20ClNOS2/c1-14(2,3)19-9-8-16-13(17)10-18-12-6-4-11(15)5-7-12/h4-7H,8-10H2,1-3H3,(H,16,17). The first-order chi connectivity index (χ1) is 8.87. The van der Waals surface area contributed by atoms with Crippen molar-refractivity contribution < 1.29 is 4.79 Å². The molecule has 0 radical (unpaired) electrons. The van der Waals surface area contributed by atoms with Crippen LogP contribution in [0, 0.1) is 0 Å². The number of hydrogen-bond donors (Lipinski definition) is 1. The number of hydrogen-bond acceptors (Lipinski definition) is 3. The van der Waals surface area contributed by atoms with Crippen LogP contribution in [0.3, 0.4) is 0 Å². The van der Waals surface area contributed by atoms with E-state index in [9.17, 15) is 4.79 Å². The molecule has 2 nitrogen and oxygen atoms in total. The third-order valence-corrected chi connectivity index (χ3v) is 4.68. The summed E-state index contributed by atoms with van der Waals surface area (Å²) in [6, 6.07) is 7.52. The second-order valence-corrected chi connectivity index (χ2v) is 8.46. The van der Waals surface area contributed by atoms with Gasteiger partial charge >= 0.3 is 0 Å². The zero-order valence-corrected chi connectivity index (χ0v) is 13.9. The predicted octanol–water partition coefficient (Wildman–Crippen LogP) is 4.08. The van der Waals surface area contributed by atoms with Gasteiger partial charge in [0.2, 0.25) is 5.91 Å². The van der Waals surface area contributed by atoms with Gasteiger partial charge in [-0.05, 0) is 24.3 Å². The molecule has 1 aromatic carbocycles. The molecule has 0 aliphatic rings. The molecule has 0 unspecified atom stereocenters. The van der Waals surface area contributed by atoms with Crippen molar-refractivity contribution >= 4 is 41.0 Å². The topological polar surface area (TPSA) is 29.1 Å². The second kappa shape index (κ2) is 8.08. The van der Waals surface area contributed by atoms with Gasteiger partial charge in [-0.15, -0.1) is 11.8 Å². The van der Waals surface area contributed by atoms with Crippen LogP contribution in [0.2, 0.25) is 5.02 Å². The number of carbonyl (C=O) groups excluding carboxylic acids is 1. The first-order valence-electron chi connectivity index (χ1n) is 6.16. The second-order valence-electron chi connectivity index (χ2n) is 5.05. The zero-order chi connectivity index (χ0) is 14.3. The third kappa shape index (κ3) is 8.45. The van der Waals surface area contributed by atoms with Crippen LogP contribution in [0.1, 0.15) is 20.8 Å². The summed E-state index contributed by atoms with van der Waals surface area (Å²) in [6.07, 6.45) is 0. The Labute approximate surface area is 129 Å². The monoisotopic (exact) mass is 317 g/mol. The van der Waals surface area contributed by atoms with Gasteiger partial charge in [-0.2, -0.15) is 11.8 Å². The summed E-state index contributed by atoms with van der Waals surface area (Å²) in [5, 5.41) is 3.65. The number of nitrogens with one attached hydrogen (secondary N) is 1. The van der Waals surface area contributed by atoms with Crippen LogP contribution >= 0.6 is 35.1 Å². The molecule has 1 N–H and O–H groups in total. The van der Waals surface area contributed by atoms with E-state index in [0.29, 0.717) is 10.8 Å². The molecule has 19 heavy (non-hydrogen) atoms. The highest BCUT2D eigenvalue weighted by atomic mass is 35.5. The SMILES string of the molecule is CC(C)(C)SCCNC(=O)CSc1ccc(Cl)cc1. The summed E-state index contributed by atoms with van der Waals surface area (Å²) in [5.41, 5.74) is 0. The molecule has 1 rings (SSSR count). The van der Waals surface area contributed by atoms with Crippen molar-refractivity contribution in [3.05, 3.63) is 29.3 Å². The highest BCUT2D eigenvalue weighted by molar-refractivity contribution is 8.00. The van der Waals surface area contributed by atoms with Crippen molar-refractivity contribution in [1.82, 2.24) is 5.32 Å². The Balaban J connectivity index is 2.16. The summed E-state index contributed by atoms with van der Waals surface area (Å²) in [4.78, 5) is 12.7. The minimum atomic E-state index is 0.0782. The maximum Gasteiger partial charge on any atom is 0.230 e. The Morgan fingerprint density at radius 3 is 2.47 bits per heavy atom. The van der Waals surface area contributed by atoms with E-state index in [2.05, 4.69) is 26.1 Å². The minimum Gasteiger partial charge on any atom is -0.355 e. The van der Waals surface area contributed by atoms with Crippen molar-refractivity contribution in [2.45, 2.75) is 30.4 Å². The molecular weight excluding hydrogens is 298 g/mol. The molecule has 0 saturated heterocycles. The summed E-state index contributed by atoms with van der Waals surface area (Å²) in [7, 11) is 0. The van der Waals surface area contributed by atoms with Crippen molar-refractivity contribution in [1.29, 1.82) is 0 Å². The zero-order valence-electron chi connectivity index (χ0n) is 11.5. The lowest BCUT2D eigenvalue weighted by Gasteiger charge is -2.17. The fourth-order valence-corrected chi connectivity index (χ4v) is 2.95. The minimum absolute atomic E-state index is 0.0782. The smallest absolute Gasteiger partial charge is 0.230 e. The Hall–Kier alpha value is -0.320. The molecule has 0 spiro atoms. The van der Waals surface area contributed by atoms with Crippen LogP contribution in [0.25, 0.3) is 0 Å². The van der Waals surface area contributed by atoms with Gasteiger partial charge < -0.3 is 5.32 Å². The fraction of sp³-hybridized carbons (Fsp3) is 0.500. The van der Waals surface area contributed by atoms with Crippen LogP contribution in [0.4, 0.5) is 0 Å². The van der Waals surface area contributed by atoms with Gasteiger partial charge in [0.25, 0.3) is 0 Å². The van der Waals surface area contributed by atoms with Gasteiger partial charge in [0.05, 0.1) is 5.75 Å². The number of rotatable bonds is 6. The molecule has 106 valence electrons. The Kier molecular flexibility index (Phi) is 7.11. The number of amides is 1. The first kappa shape index (κ1) is 16.7. The maximum atomic E-state index is 11.6. The van der Waals surface area contributed by atoms with Crippen molar-refractivity contribution in [3.8, 4) is 0 Å². The lowest BCUT2D eigenvalue weighted by atomic mass is 10.3. The van der Waals surface area contributed by atoms with Crippen molar-refractivity contribution in [2.24, 2.45) is 0 Å². The van der Waals surface area contributed by atoms with E-state index < -0.39 is 0 Å². The normalized spacial score (nSPS) is 11.4. The van der Waals surface area contributed by atoms with Crippen LogP contribution < -0.4 is 5.32 Å². The van der Waals surface area contributed by atoms with Crippen LogP contribution in [-0.4, -0.2) is 28.7 Å². The molecule has 0 aliphatic heterocycles. The van der Waals surface area contributed by atoms with Crippen LogP contribution in [-0.2, 0) is 4.79 Å². The van der Waals surface area contributed by atoms with Gasteiger partial charge in [-0.1, -0.05) is 32.4 Å². The van der Waals surface area contributed by atoms with Crippen molar-refractivity contribution in [2.75, 3.05) is 18.1 Å². The van der Waals surface area contributed by atoms with Crippen LogP contribution in [0.5, 0.6) is 0 Å². The molecule has 0 saturated carbocycles. The average Bonchev–Trinajstić information content (AvgIpc) is 2.33. The van der Waals surface area contributed by atoms with Gasteiger partial charge in [-0.3, -0.25) is 4.79 Å². The molecule has 0 atom stereocenters. The van der Waals surface area contributed by atoms with E-state index in [0.717, 1.165) is 17.2 Å². The van der Waals surface area contributed by atoms with E-state index in [1.54, 1.807) is 0 Å². The molecule has 5 heteroatoms. The van der Waals surface area contributed by atoms with Gasteiger partial charge in [0, 0.05) is 27.0 Å². The van der Waals surface area contributed by atoms with E-state index >= 15 is 0 Å². The summed E-state index contributed by atoms with van der Waals surface area (Å²) in [6.45, 7) is 7.25. The maximum absolute atomic E-state index is 11.6. The third-order valence-electron chi connectivity index (χ3n) is 2.14.